The van der Waals surface area contributed by atoms with Crippen LogP contribution in [0.1, 0.15) is 15.9 Å². The fourth-order valence-corrected chi connectivity index (χ4v) is 2.69. The van der Waals surface area contributed by atoms with E-state index in [1.165, 1.54) is 30.3 Å². The number of nitrogens with one attached hydrogen (secondary N) is 2. The van der Waals surface area contributed by atoms with E-state index in [1.54, 1.807) is 6.92 Å². The molecule has 0 fully saturated rings. The summed E-state index contributed by atoms with van der Waals surface area (Å²) < 4.78 is 64.9. The molecule has 0 aliphatic heterocycles. The van der Waals surface area contributed by atoms with Gasteiger partial charge >= 0.3 is 6.36 Å². The minimum absolute atomic E-state index is 0.261. The number of anilines is 2. The lowest BCUT2D eigenvalue weighted by Crippen LogP contribution is -2.17. The summed E-state index contributed by atoms with van der Waals surface area (Å²) in [5.41, 5.74) is 1.42. The molecule has 2 N–H and O–H groups in total. The standard InChI is InChI=1S/C16H15F3N2O4S/c1-10-9-11(3-8-14(10)21-26(2,23)24)15(22)20-12-4-6-13(7-5-12)25-16(17,18)19/h3-9,21H,1-2H3,(H,20,22). The summed E-state index contributed by atoms with van der Waals surface area (Å²) in [5, 5.41) is 2.53. The largest absolute Gasteiger partial charge is 0.573 e. The number of carbonyl (C=O) groups excluding carboxylic acids is 1. The Morgan fingerprint density at radius 3 is 2.19 bits per heavy atom. The molecule has 0 aliphatic carbocycles. The van der Waals surface area contributed by atoms with Crippen LogP contribution in [0.4, 0.5) is 24.5 Å². The van der Waals surface area contributed by atoms with Crippen LogP contribution >= 0.6 is 0 Å². The second kappa shape index (κ2) is 7.24. The van der Waals surface area contributed by atoms with Crippen molar-refractivity contribution < 1.29 is 31.1 Å². The summed E-state index contributed by atoms with van der Waals surface area (Å²) in [5.74, 6) is -0.897. The van der Waals surface area contributed by atoms with Gasteiger partial charge in [0.2, 0.25) is 10.0 Å². The smallest absolute Gasteiger partial charge is 0.406 e. The third kappa shape index (κ3) is 5.96. The molecule has 0 bridgehead atoms. The summed E-state index contributed by atoms with van der Waals surface area (Å²) in [6.45, 7) is 1.63. The van der Waals surface area contributed by atoms with Gasteiger partial charge in [-0.1, -0.05) is 0 Å². The molecule has 2 aromatic carbocycles. The first-order valence-corrected chi connectivity index (χ1v) is 9.08. The predicted octanol–water partition coefficient (Wildman–Crippen LogP) is 3.52. The Labute approximate surface area is 148 Å². The lowest BCUT2D eigenvalue weighted by Gasteiger charge is -2.11. The summed E-state index contributed by atoms with van der Waals surface area (Å²) in [6.07, 6.45) is -3.77. The number of hydrogen-bond acceptors (Lipinski definition) is 4. The van der Waals surface area contributed by atoms with Gasteiger partial charge in [0.25, 0.3) is 5.91 Å². The molecule has 1 amide bonds. The number of halogens is 3. The van der Waals surface area contributed by atoms with Crippen molar-refractivity contribution in [3.05, 3.63) is 53.6 Å². The maximum Gasteiger partial charge on any atom is 0.573 e. The van der Waals surface area contributed by atoms with E-state index in [1.807, 2.05) is 0 Å². The van der Waals surface area contributed by atoms with Gasteiger partial charge in [-0.3, -0.25) is 9.52 Å². The Kier molecular flexibility index (Phi) is 5.45. The molecule has 0 unspecified atom stereocenters. The van der Waals surface area contributed by atoms with Crippen molar-refractivity contribution in [3.63, 3.8) is 0 Å². The van der Waals surface area contributed by atoms with Crippen molar-refractivity contribution in [3.8, 4) is 5.75 Å². The van der Waals surface area contributed by atoms with Crippen LogP contribution in [0, 0.1) is 6.92 Å². The third-order valence-corrected chi connectivity index (χ3v) is 3.72. The van der Waals surface area contributed by atoms with Crippen molar-refractivity contribution in [2.45, 2.75) is 13.3 Å². The second-order valence-corrected chi connectivity index (χ2v) is 7.18. The fourth-order valence-electron chi connectivity index (χ4n) is 2.06. The Morgan fingerprint density at radius 1 is 1.08 bits per heavy atom. The van der Waals surface area contributed by atoms with E-state index < -0.39 is 28.0 Å². The molecule has 0 atom stereocenters. The second-order valence-electron chi connectivity index (χ2n) is 5.43. The molecule has 10 heteroatoms. The van der Waals surface area contributed by atoms with Crippen molar-refractivity contribution in [2.75, 3.05) is 16.3 Å². The number of benzene rings is 2. The molecule has 0 radical (unpaired) electrons. The highest BCUT2D eigenvalue weighted by atomic mass is 32.2. The van der Waals surface area contributed by atoms with Crippen molar-refractivity contribution in [1.29, 1.82) is 0 Å². The monoisotopic (exact) mass is 388 g/mol. The summed E-state index contributed by atoms with van der Waals surface area (Å²) in [7, 11) is -3.44. The van der Waals surface area contributed by atoms with Crippen LogP contribution in [-0.4, -0.2) is 26.9 Å². The zero-order valence-corrected chi connectivity index (χ0v) is 14.5. The summed E-state index contributed by atoms with van der Waals surface area (Å²) >= 11 is 0. The first-order valence-electron chi connectivity index (χ1n) is 7.18. The van der Waals surface area contributed by atoms with Crippen molar-refractivity contribution in [1.82, 2.24) is 0 Å². The van der Waals surface area contributed by atoms with E-state index in [9.17, 15) is 26.4 Å². The van der Waals surface area contributed by atoms with Gasteiger partial charge in [0.05, 0.1) is 11.9 Å². The minimum atomic E-state index is -4.79. The van der Waals surface area contributed by atoms with E-state index in [2.05, 4.69) is 14.8 Å². The van der Waals surface area contributed by atoms with Gasteiger partial charge in [0.15, 0.2) is 0 Å². The quantitative estimate of drug-likeness (QED) is 0.821. The van der Waals surface area contributed by atoms with Crippen LogP contribution in [0.2, 0.25) is 0 Å². The van der Waals surface area contributed by atoms with Crippen molar-refractivity contribution >= 4 is 27.3 Å². The van der Waals surface area contributed by atoms with Gasteiger partial charge in [-0.15, -0.1) is 13.2 Å². The molecule has 6 nitrogen and oxygen atoms in total. The molecule has 0 saturated heterocycles. The van der Waals surface area contributed by atoms with Crippen molar-refractivity contribution in [2.24, 2.45) is 0 Å². The molecular weight excluding hydrogens is 373 g/mol. The molecule has 0 heterocycles. The summed E-state index contributed by atoms with van der Waals surface area (Å²) in [6, 6.07) is 9.06. The topological polar surface area (TPSA) is 84.5 Å². The zero-order chi connectivity index (χ0) is 19.5. The Hall–Kier alpha value is -2.75. The lowest BCUT2D eigenvalue weighted by atomic mass is 10.1. The van der Waals surface area contributed by atoms with Gasteiger partial charge in [-0.05, 0) is 55.0 Å². The number of aryl methyl sites for hydroxylation is 1. The first-order chi connectivity index (χ1) is 11.9. The molecular formula is C16H15F3N2O4S. The number of alkyl halides is 3. The van der Waals surface area contributed by atoms with E-state index in [4.69, 9.17) is 0 Å². The van der Waals surface area contributed by atoms with E-state index in [0.717, 1.165) is 18.4 Å². The molecule has 0 aliphatic rings. The highest BCUT2D eigenvalue weighted by molar-refractivity contribution is 7.92. The normalized spacial score (nSPS) is 11.7. The minimum Gasteiger partial charge on any atom is -0.406 e. The molecule has 0 aromatic heterocycles. The molecule has 0 spiro atoms. The maximum absolute atomic E-state index is 12.2. The predicted molar refractivity (Wildman–Crippen MR) is 90.7 cm³/mol. The summed E-state index contributed by atoms with van der Waals surface area (Å²) in [4.78, 5) is 12.2. The fraction of sp³-hybridized carbons (Fsp3) is 0.188. The van der Waals surface area contributed by atoms with Crippen LogP contribution in [-0.2, 0) is 10.0 Å². The molecule has 26 heavy (non-hydrogen) atoms. The highest BCUT2D eigenvalue weighted by Gasteiger charge is 2.30. The third-order valence-electron chi connectivity index (χ3n) is 3.13. The Balaban J connectivity index is 2.09. The van der Waals surface area contributed by atoms with E-state index in [-0.39, 0.29) is 11.3 Å². The van der Waals surface area contributed by atoms with Crippen LogP contribution in [0.15, 0.2) is 42.5 Å². The lowest BCUT2D eigenvalue weighted by molar-refractivity contribution is -0.274. The number of ether oxygens (including phenoxy) is 1. The van der Waals surface area contributed by atoms with Gasteiger partial charge in [-0.2, -0.15) is 0 Å². The SMILES string of the molecule is Cc1cc(C(=O)Nc2ccc(OC(F)(F)F)cc2)ccc1NS(C)(=O)=O. The maximum atomic E-state index is 12.2. The average molecular weight is 388 g/mol. The molecule has 2 aromatic rings. The van der Waals surface area contributed by atoms with Gasteiger partial charge in [-0.25, -0.2) is 8.42 Å². The average Bonchev–Trinajstić information content (AvgIpc) is 2.48. The van der Waals surface area contributed by atoms with Gasteiger partial charge in [0, 0.05) is 11.3 Å². The molecule has 140 valence electrons. The van der Waals surface area contributed by atoms with E-state index >= 15 is 0 Å². The molecule has 2 rings (SSSR count). The number of amides is 1. The van der Waals surface area contributed by atoms with Crippen LogP contribution in [0.5, 0.6) is 5.75 Å². The number of rotatable bonds is 5. The number of carbonyl (C=O) groups is 1. The zero-order valence-electron chi connectivity index (χ0n) is 13.7. The number of sulfonamides is 1. The Bertz CT molecular complexity index is 910. The highest BCUT2D eigenvalue weighted by Crippen LogP contribution is 2.24. The van der Waals surface area contributed by atoms with Gasteiger partial charge < -0.3 is 10.1 Å². The van der Waals surface area contributed by atoms with Crippen LogP contribution in [0.3, 0.4) is 0 Å². The molecule has 0 saturated carbocycles. The van der Waals surface area contributed by atoms with Crippen LogP contribution in [0.25, 0.3) is 0 Å². The Morgan fingerprint density at radius 2 is 1.69 bits per heavy atom. The first kappa shape index (κ1) is 19.6. The number of hydrogen-bond donors (Lipinski definition) is 2. The van der Waals surface area contributed by atoms with Crippen LogP contribution < -0.4 is 14.8 Å². The van der Waals surface area contributed by atoms with E-state index in [0.29, 0.717) is 11.3 Å². The van der Waals surface area contributed by atoms with Gasteiger partial charge in [0.1, 0.15) is 5.75 Å².